The van der Waals surface area contributed by atoms with Crippen LogP contribution in [0.4, 0.5) is 13.2 Å². The van der Waals surface area contributed by atoms with E-state index in [1.807, 2.05) is 0 Å². The molecule has 0 bridgehead atoms. The Bertz CT molecular complexity index is 749. The molecule has 1 heterocycles. The number of halogens is 6. The lowest BCUT2D eigenvalue weighted by molar-refractivity contribution is -0.137. The summed E-state index contributed by atoms with van der Waals surface area (Å²) in [6.07, 6.45) is -3.45. The maximum Gasteiger partial charge on any atom is 0.417 e. The molecule has 10 heteroatoms. The summed E-state index contributed by atoms with van der Waals surface area (Å²) in [6, 6.07) is 3.88. The second-order valence-corrected chi connectivity index (χ2v) is 6.20. The Kier molecular flexibility index (Phi) is 7.08. The highest BCUT2D eigenvalue weighted by Crippen LogP contribution is 2.37. The molecule has 2 aromatic rings. The van der Waals surface area contributed by atoms with E-state index in [9.17, 15) is 13.2 Å². The van der Waals surface area contributed by atoms with Crippen LogP contribution in [0.3, 0.4) is 0 Å². The molecule has 1 aromatic heterocycles. The summed E-state index contributed by atoms with van der Waals surface area (Å²) in [6.45, 7) is 0.341. The van der Waals surface area contributed by atoms with Gasteiger partial charge in [0.05, 0.1) is 35.9 Å². The summed E-state index contributed by atoms with van der Waals surface area (Å²) >= 11 is 17.9. The van der Waals surface area contributed by atoms with Crippen LogP contribution in [0.1, 0.15) is 12.0 Å². The van der Waals surface area contributed by atoms with Crippen LogP contribution in [-0.2, 0) is 6.18 Å². The van der Waals surface area contributed by atoms with Gasteiger partial charge in [-0.3, -0.25) is 0 Å². The van der Waals surface area contributed by atoms with E-state index in [1.165, 1.54) is 7.11 Å². The summed E-state index contributed by atoms with van der Waals surface area (Å²) in [4.78, 5) is 3.58. The van der Waals surface area contributed by atoms with Gasteiger partial charge in [0.2, 0.25) is 5.88 Å². The lowest BCUT2D eigenvalue weighted by Gasteiger charge is -2.12. The number of hydrogen-bond acceptors (Lipinski definition) is 4. The lowest BCUT2D eigenvalue weighted by atomic mass is 10.3. The smallest absolute Gasteiger partial charge is 0.417 e. The topological polar surface area (TPSA) is 40.6 Å². The van der Waals surface area contributed by atoms with Crippen molar-refractivity contribution in [2.45, 2.75) is 12.6 Å². The number of pyridine rings is 1. The number of alkyl halides is 3. The van der Waals surface area contributed by atoms with Crippen LogP contribution in [0.25, 0.3) is 0 Å². The monoisotopic (exact) mass is 429 g/mol. The second kappa shape index (κ2) is 8.88. The van der Waals surface area contributed by atoms with E-state index in [4.69, 9.17) is 49.0 Å². The van der Waals surface area contributed by atoms with Crippen LogP contribution in [0, 0.1) is 0 Å². The third-order valence-corrected chi connectivity index (χ3v) is 3.95. The first-order valence-electron chi connectivity index (χ1n) is 7.23. The van der Waals surface area contributed by atoms with Crippen molar-refractivity contribution < 1.29 is 27.4 Å². The molecule has 0 aliphatic heterocycles. The van der Waals surface area contributed by atoms with Gasteiger partial charge in [-0.15, -0.1) is 0 Å². The molecule has 4 nitrogen and oxygen atoms in total. The van der Waals surface area contributed by atoms with Crippen LogP contribution in [-0.4, -0.2) is 25.3 Å². The van der Waals surface area contributed by atoms with E-state index < -0.39 is 11.7 Å². The normalized spacial score (nSPS) is 11.3. The van der Waals surface area contributed by atoms with E-state index >= 15 is 0 Å². The highest BCUT2D eigenvalue weighted by atomic mass is 35.5. The number of nitrogens with zero attached hydrogens (tertiary/aromatic N) is 1. The molecule has 0 saturated heterocycles. The minimum absolute atomic E-state index is 0.0832. The number of hydrogen-bond donors (Lipinski definition) is 0. The maximum atomic E-state index is 12.5. The maximum absolute atomic E-state index is 12.5. The minimum Gasteiger partial charge on any atom is -0.497 e. The highest BCUT2D eigenvalue weighted by molar-refractivity contribution is 6.37. The van der Waals surface area contributed by atoms with Gasteiger partial charge in [-0.05, 0) is 6.07 Å². The average Bonchev–Trinajstić information content (AvgIpc) is 2.56. The Morgan fingerprint density at radius 2 is 1.58 bits per heavy atom. The van der Waals surface area contributed by atoms with Crippen molar-refractivity contribution in [1.82, 2.24) is 4.98 Å². The van der Waals surface area contributed by atoms with Crippen LogP contribution in [0.2, 0.25) is 15.1 Å². The lowest BCUT2D eigenvalue weighted by Crippen LogP contribution is -2.09. The highest BCUT2D eigenvalue weighted by Gasteiger charge is 2.31. The summed E-state index contributed by atoms with van der Waals surface area (Å²) < 4.78 is 53.4. The second-order valence-electron chi connectivity index (χ2n) is 4.98. The quantitative estimate of drug-likeness (QED) is 0.512. The zero-order chi connectivity index (χ0) is 19.3. The molecule has 0 saturated carbocycles. The van der Waals surface area contributed by atoms with Gasteiger partial charge in [0.1, 0.15) is 10.8 Å². The largest absolute Gasteiger partial charge is 0.497 e. The molecule has 0 aliphatic carbocycles. The standard InChI is InChI=1S/C16H13Cl3F3NO3/c1-24-10-6-11(17)14(12(18)7-10)25-3-2-4-26-15-13(19)5-9(8-23-15)16(20,21)22/h5-8H,2-4H2,1H3. The van der Waals surface area contributed by atoms with Gasteiger partial charge >= 0.3 is 6.18 Å². The Labute approximate surface area is 162 Å². The summed E-state index contributed by atoms with van der Waals surface area (Å²) in [5, 5.41) is 0.368. The van der Waals surface area contributed by atoms with Crippen LogP contribution in [0.5, 0.6) is 17.4 Å². The van der Waals surface area contributed by atoms with Crippen molar-refractivity contribution in [3.8, 4) is 17.4 Å². The van der Waals surface area contributed by atoms with Crippen LogP contribution in [0.15, 0.2) is 24.4 Å². The molecule has 26 heavy (non-hydrogen) atoms. The molecule has 0 aliphatic rings. The minimum atomic E-state index is -4.51. The zero-order valence-electron chi connectivity index (χ0n) is 13.4. The SMILES string of the molecule is COc1cc(Cl)c(OCCCOc2ncc(C(F)(F)F)cc2Cl)c(Cl)c1. The van der Waals surface area contributed by atoms with E-state index in [-0.39, 0.29) is 24.1 Å². The van der Waals surface area contributed by atoms with Crippen LogP contribution < -0.4 is 14.2 Å². The fourth-order valence-corrected chi connectivity index (χ4v) is 2.68. The molecule has 0 radical (unpaired) electrons. The Morgan fingerprint density at radius 1 is 0.962 bits per heavy atom. The van der Waals surface area contributed by atoms with Crippen molar-refractivity contribution in [1.29, 1.82) is 0 Å². The Balaban J connectivity index is 1.85. The van der Waals surface area contributed by atoms with Crippen molar-refractivity contribution in [3.63, 3.8) is 0 Å². The van der Waals surface area contributed by atoms with Gasteiger partial charge in [0.25, 0.3) is 0 Å². The van der Waals surface area contributed by atoms with Crippen molar-refractivity contribution in [3.05, 3.63) is 45.0 Å². The van der Waals surface area contributed by atoms with E-state index in [0.717, 1.165) is 6.07 Å². The molecule has 2 rings (SSSR count). The first kappa shape index (κ1) is 20.7. The third kappa shape index (κ3) is 5.46. The zero-order valence-corrected chi connectivity index (χ0v) is 15.6. The van der Waals surface area contributed by atoms with Crippen molar-refractivity contribution in [2.75, 3.05) is 20.3 Å². The molecule has 0 fully saturated rings. The fraction of sp³-hybridized carbons (Fsp3) is 0.312. The number of benzene rings is 1. The number of ether oxygens (including phenoxy) is 3. The Morgan fingerprint density at radius 3 is 2.12 bits per heavy atom. The molecule has 0 spiro atoms. The fourth-order valence-electron chi connectivity index (χ4n) is 1.88. The summed E-state index contributed by atoms with van der Waals surface area (Å²) in [5.74, 6) is 0.721. The molecule has 0 unspecified atom stereocenters. The molecule has 1 aromatic carbocycles. The number of aromatic nitrogens is 1. The summed E-state index contributed by atoms with van der Waals surface area (Å²) in [5.41, 5.74) is -0.943. The van der Waals surface area contributed by atoms with Gasteiger partial charge in [0, 0.05) is 24.8 Å². The van der Waals surface area contributed by atoms with Gasteiger partial charge in [0.15, 0.2) is 5.75 Å². The third-order valence-electron chi connectivity index (χ3n) is 3.12. The average molecular weight is 431 g/mol. The molecular weight excluding hydrogens is 418 g/mol. The van der Waals surface area contributed by atoms with Gasteiger partial charge in [-0.2, -0.15) is 13.2 Å². The molecule has 142 valence electrons. The summed E-state index contributed by atoms with van der Waals surface area (Å²) in [7, 11) is 1.49. The Hall–Kier alpha value is -1.57. The molecule has 0 amide bonds. The predicted molar refractivity (Wildman–Crippen MR) is 92.9 cm³/mol. The van der Waals surface area contributed by atoms with E-state index in [1.54, 1.807) is 12.1 Å². The van der Waals surface area contributed by atoms with Crippen molar-refractivity contribution in [2.24, 2.45) is 0 Å². The van der Waals surface area contributed by atoms with E-state index in [0.29, 0.717) is 34.2 Å². The first-order chi connectivity index (χ1) is 12.2. The molecule has 0 atom stereocenters. The van der Waals surface area contributed by atoms with Gasteiger partial charge in [-0.1, -0.05) is 34.8 Å². The van der Waals surface area contributed by atoms with E-state index in [2.05, 4.69) is 4.98 Å². The number of rotatable bonds is 7. The molecule has 0 N–H and O–H groups in total. The van der Waals surface area contributed by atoms with Gasteiger partial charge < -0.3 is 14.2 Å². The van der Waals surface area contributed by atoms with Crippen LogP contribution >= 0.6 is 34.8 Å². The first-order valence-corrected chi connectivity index (χ1v) is 8.37. The molecular formula is C16H13Cl3F3NO3. The van der Waals surface area contributed by atoms with Gasteiger partial charge in [-0.25, -0.2) is 4.98 Å². The van der Waals surface area contributed by atoms with Crippen molar-refractivity contribution >= 4 is 34.8 Å². The predicted octanol–water partition coefficient (Wildman–Crippen LogP) is 5.92. The number of methoxy groups -OCH3 is 1.